The molecule has 1 N–H and O–H groups in total. The largest absolute Gasteiger partial charge is 0.422 e. The average molecular weight is 436 g/mol. The topological polar surface area (TPSA) is 80.6 Å². The van der Waals surface area contributed by atoms with E-state index in [4.69, 9.17) is 16.3 Å². The van der Waals surface area contributed by atoms with Crippen molar-refractivity contribution >= 4 is 51.1 Å². The third-order valence-electron chi connectivity index (χ3n) is 4.11. The molecule has 0 unspecified atom stereocenters. The normalized spacial score (nSPS) is 11.0. The van der Waals surface area contributed by atoms with Crippen molar-refractivity contribution in [1.29, 1.82) is 0 Å². The predicted molar refractivity (Wildman–Crippen MR) is 118 cm³/mol. The Kier molecular flexibility index (Phi) is 5.83. The molecule has 4 aromatic rings. The summed E-state index contributed by atoms with van der Waals surface area (Å²) >= 11 is 7.62. The summed E-state index contributed by atoms with van der Waals surface area (Å²) in [7, 11) is 0. The van der Waals surface area contributed by atoms with E-state index in [9.17, 15) is 9.59 Å². The molecule has 0 atom stereocenters. The highest BCUT2D eigenvalue weighted by Crippen LogP contribution is 2.35. The zero-order valence-electron chi connectivity index (χ0n) is 15.4. The first-order chi connectivity index (χ1) is 14.6. The number of carbonyl (C=O) groups is 2. The van der Waals surface area contributed by atoms with Gasteiger partial charge in [0.05, 0.1) is 16.8 Å². The molecule has 0 bridgehead atoms. The van der Waals surface area contributed by atoms with Gasteiger partial charge in [0.15, 0.2) is 0 Å². The van der Waals surface area contributed by atoms with E-state index in [0.717, 1.165) is 15.6 Å². The third kappa shape index (κ3) is 4.37. The van der Waals surface area contributed by atoms with Crippen molar-refractivity contribution in [2.75, 3.05) is 0 Å². The number of nitrogens with zero attached hydrogens (tertiary/aromatic N) is 2. The number of pyridine rings is 1. The van der Waals surface area contributed by atoms with Crippen LogP contribution < -0.4 is 10.2 Å². The lowest BCUT2D eigenvalue weighted by Gasteiger charge is -2.03. The van der Waals surface area contributed by atoms with Crippen LogP contribution in [0.3, 0.4) is 0 Å². The van der Waals surface area contributed by atoms with Gasteiger partial charge in [-0.25, -0.2) is 10.2 Å². The van der Waals surface area contributed by atoms with E-state index in [1.807, 2.05) is 24.3 Å². The second kappa shape index (κ2) is 8.86. The van der Waals surface area contributed by atoms with E-state index in [-0.39, 0.29) is 5.91 Å². The van der Waals surface area contributed by atoms with Crippen LogP contribution in [-0.2, 0) is 0 Å². The number of nitrogens with one attached hydrogen (secondary N) is 1. The molecule has 2 heterocycles. The molecule has 30 heavy (non-hydrogen) atoms. The first kappa shape index (κ1) is 19.8. The summed E-state index contributed by atoms with van der Waals surface area (Å²) in [5, 5.41) is 5.14. The van der Waals surface area contributed by atoms with E-state index in [1.54, 1.807) is 42.6 Å². The van der Waals surface area contributed by atoms with Crippen LogP contribution in [0.2, 0.25) is 5.02 Å². The minimum atomic E-state index is -0.508. The lowest BCUT2D eigenvalue weighted by atomic mass is 10.2. The van der Waals surface area contributed by atoms with Crippen LogP contribution in [0.15, 0.2) is 78.2 Å². The van der Waals surface area contributed by atoms with Gasteiger partial charge in [0, 0.05) is 22.5 Å². The number of carbonyl (C=O) groups excluding carboxylic acids is 2. The second-order valence-electron chi connectivity index (χ2n) is 6.14. The predicted octanol–water partition coefficient (Wildman–Crippen LogP) is 4.93. The molecule has 0 saturated heterocycles. The van der Waals surface area contributed by atoms with Gasteiger partial charge in [0.1, 0.15) is 10.6 Å². The quantitative estimate of drug-likeness (QED) is 0.208. The average Bonchev–Trinajstić information content (AvgIpc) is 3.12. The Morgan fingerprint density at radius 2 is 1.87 bits per heavy atom. The lowest BCUT2D eigenvalue weighted by molar-refractivity contribution is 0.0739. The molecule has 2 aromatic heterocycles. The molecule has 4 rings (SSSR count). The minimum Gasteiger partial charge on any atom is -0.422 e. The Bertz CT molecular complexity index is 1240. The summed E-state index contributed by atoms with van der Waals surface area (Å²) in [6, 6.07) is 17.6. The van der Waals surface area contributed by atoms with Crippen LogP contribution in [0.5, 0.6) is 5.75 Å². The standard InChI is InChI=1S/C22H14ClN3O3S/c23-19-17-5-1-2-6-18(17)30-20(19)22(28)29-16-9-7-14(8-10-16)12-25-26-21(27)15-4-3-11-24-13-15/h1-13H,(H,26,27)/b25-12+. The summed E-state index contributed by atoms with van der Waals surface area (Å²) in [5.41, 5.74) is 3.56. The number of esters is 1. The summed E-state index contributed by atoms with van der Waals surface area (Å²) in [5.74, 6) is -0.485. The molecule has 0 radical (unpaired) electrons. The van der Waals surface area contributed by atoms with Crippen molar-refractivity contribution in [2.45, 2.75) is 0 Å². The Morgan fingerprint density at radius 3 is 2.60 bits per heavy atom. The highest BCUT2D eigenvalue weighted by molar-refractivity contribution is 7.21. The van der Waals surface area contributed by atoms with Crippen LogP contribution in [0, 0.1) is 0 Å². The molecular formula is C22H14ClN3O3S. The number of hydrogen-bond acceptors (Lipinski definition) is 6. The molecule has 0 saturated carbocycles. The number of ether oxygens (including phenoxy) is 1. The van der Waals surface area contributed by atoms with Gasteiger partial charge in [-0.3, -0.25) is 9.78 Å². The fourth-order valence-corrected chi connectivity index (χ4v) is 4.03. The first-order valence-electron chi connectivity index (χ1n) is 8.84. The molecule has 0 aliphatic carbocycles. The Morgan fingerprint density at radius 1 is 1.07 bits per heavy atom. The monoisotopic (exact) mass is 435 g/mol. The van der Waals surface area contributed by atoms with Gasteiger partial charge in [0.2, 0.25) is 0 Å². The van der Waals surface area contributed by atoms with Gasteiger partial charge in [-0.1, -0.05) is 29.8 Å². The molecule has 148 valence electrons. The number of aromatic nitrogens is 1. The molecule has 6 nitrogen and oxygen atoms in total. The number of hydrogen-bond donors (Lipinski definition) is 1. The molecule has 0 fully saturated rings. The number of thiophene rings is 1. The smallest absolute Gasteiger partial charge is 0.355 e. The van der Waals surface area contributed by atoms with Crippen molar-refractivity contribution in [2.24, 2.45) is 5.10 Å². The zero-order valence-corrected chi connectivity index (χ0v) is 17.0. The summed E-state index contributed by atoms with van der Waals surface area (Å²) in [6.45, 7) is 0. The van der Waals surface area contributed by atoms with Gasteiger partial charge in [-0.15, -0.1) is 11.3 Å². The highest BCUT2D eigenvalue weighted by atomic mass is 35.5. The van der Waals surface area contributed by atoms with Crippen molar-refractivity contribution in [1.82, 2.24) is 10.4 Å². The summed E-state index contributed by atoms with van der Waals surface area (Å²) in [4.78, 5) is 28.6. The molecule has 2 aromatic carbocycles. The number of benzene rings is 2. The van der Waals surface area contributed by atoms with E-state index < -0.39 is 5.97 Å². The van der Waals surface area contributed by atoms with Gasteiger partial charge >= 0.3 is 5.97 Å². The number of rotatable bonds is 5. The van der Waals surface area contributed by atoms with Crippen molar-refractivity contribution in [3.05, 3.63) is 94.1 Å². The lowest BCUT2D eigenvalue weighted by Crippen LogP contribution is -2.17. The number of amides is 1. The highest BCUT2D eigenvalue weighted by Gasteiger charge is 2.18. The molecular weight excluding hydrogens is 422 g/mol. The molecule has 1 amide bonds. The van der Waals surface area contributed by atoms with Crippen LogP contribution in [0.1, 0.15) is 25.6 Å². The van der Waals surface area contributed by atoms with Crippen LogP contribution in [0.4, 0.5) is 0 Å². The van der Waals surface area contributed by atoms with E-state index in [1.165, 1.54) is 23.7 Å². The van der Waals surface area contributed by atoms with Crippen LogP contribution in [0.25, 0.3) is 10.1 Å². The van der Waals surface area contributed by atoms with Gasteiger partial charge in [0.25, 0.3) is 5.91 Å². The van der Waals surface area contributed by atoms with E-state index >= 15 is 0 Å². The van der Waals surface area contributed by atoms with Crippen molar-refractivity contribution < 1.29 is 14.3 Å². The minimum absolute atomic E-state index is 0.356. The SMILES string of the molecule is O=C(N/N=C/c1ccc(OC(=O)c2sc3ccccc3c2Cl)cc1)c1cccnc1. The van der Waals surface area contributed by atoms with Gasteiger partial charge < -0.3 is 4.74 Å². The second-order valence-corrected chi connectivity index (χ2v) is 7.57. The third-order valence-corrected chi connectivity index (χ3v) is 5.77. The van der Waals surface area contributed by atoms with Crippen molar-refractivity contribution in [3.8, 4) is 5.75 Å². The Balaban J connectivity index is 1.39. The number of halogens is 1. The maximum atomic E-state index is 12.5. The zero-order chi connectivity index (χ0) is 20.9. The Labute approximate surface area is 180 Å². The van der Waals surface area contributed by atoms with E-state index in [2.05, 4.69) is 15.5 Å². The fraction of sp³-hybridized carbons (Fsp3) is 0. The molecule has 8 heteroatoms. The molecule has 0 aliphatic rings. The van der Waals surface area contributed by atoms with Crippen LogP contribution in [-0.4, -0.2) is 23.1 Å². The molecule has 0 aliphatic heterocycles. The Hall–Kier alpha value is -3.55. The maximum absolute atomic E-state index is 12.5. The first-order valence-corrected chi connectivity index (χ1v) is 10.0. The van der Waals surface area contributed by atoms with Gasteiger partial charge in [-0.05, 0) is 48.0 Å². The maximum Gasteiger partial charge on any atom is 0.355 e. The summed E-state index contributed by atoms with van der Waals surface area (Å²) < 4.78 is 6.36. The van der Waals surface area contributed by atoms with Crippen molar-refractivity contribution in [3.63, 3.8) is 0 Å². The molecule has 0 spiro atoms. The van der Waals surface area contributed by atoms with Crippen LogP contribution >= 0.6 is 22.9 Å². The van der Waals surface area contributed by atoms with E-state index in [0.29, 0.717) is 21.2 Å². The number of fused-ring (bicyclic) bond motifs is 1. The van der Waals surface area contributed by atoms with Gasteiger partial charge in [-0.2, -0.15) is 5.10 Å². The fourth-order valence-electron chi connectivity index (χ4n) is 2.65. The number of hydrazone groups is 1. The summed E-state index contributed by atoms with van der Waals surface area (Å²) in [6.07, 6.45) is 4.53.